The molecule has 0 amide bonds. The molecule has 0 aliphatic rings. The van der Waals surface area contributed by atoms with E-state index in [0.29, 0.717) is 17.5 Å². The predicted molar refractivity (Wildman–Crippen MR) is 265 cm³/mol. The molecule has 10 aromatic carbocycles. The Morgan fingerprint density at radius 1 is 0.281 bits per heavy atom. The molecule has 5 nitrogen and oxygen atoms in total. The maximum Gasteiger partial charge on any atom is 0.164 e. The summed E-state index contributed by atoms with van der Waals surface area (Å²) in [6.07, 6.45) is 0. The van der Waals surface area contributed by atoms with Crippen LogP contribution < -0.4 is 0 Å². The van der Waals surface area contributed by atoms with E-state index in [1.807, 2.05) is 6.07 Å². The predicted octanol–water partition coefficient (Wildman–Crippen LogP) is 15.0. The van der Waals surface area contributed by atoms with E-state index in [4.69, 9.17) is 15.0 Å². The van der Waals surface area contributed by atoms with Crippen molar-refractivity contribution >= 4 is 65.2 Å². The normalized spacial score (nSPS) is 11.8. The lowest BCUT2D eigenvalue weighted by Gasteiger charge is -2.15. The summed E-state index contributed by atoms with van der Waals surface area (Å²) in [5.41, 5.74) is 11.8. The Morgan fingerprint density at radius 2 is 0.844 bits per heavy atom. The summed E-state index contributed by atoms with van der Waals surface area (Å²) in [5, 5.41) is 9.31. The van der Waals surface area contributed by atoms with Crippen LogP contribution in [0.4, 0.5) is 0 Å². The Labute approximate surface area is 368 Å². The summed E-state index contributed by atoms with van der Waals surface area (Å²) in [5.74, 6) is 1.85. The van der Waals surface area contributed by atoms with Crippen molar-refractivity contribution in [3.63, 3.8) is 0 Å². The van der Waals surface area contributed by atoms with Crippen LogP contribution in [0.2, 0.25) is 0 Å². The van der Waals surface area contributed by atoms with Gasteiger partial charge in [-0.2, -0.15) is 0 Å². The van der Waals surface area contributed by atoms with Crippen molar-refractivity contribution in [2.24, 2.45) is 0 Å². The van der Waals surface area contributed by atoms with E-state index < -0.39 is 0 Å². The van der Waals surface area contributed by atoms with Gasteiger partial charge in [0.1, 0.15) is 0 Å². The van der Waals surface area contributed by atoms with Gasteiger partial charge in [-0.3, -0.25) is 0 Å². The third-order valence-corrected chi connectivity index (χ3v) is 12.7. The van der Waals surface area contributed by atoms with Crippen LogP contribution in [-0.4, -0.2) is 24.1 Å². The van der Waals surface area contributed by atoms with E-state index in [-0.39, 0.29) is 0 Å². The van der Waals surface area contributed by atoms with Crippen LogP contribution in [0, 0.1) is 0 Å². The van der Waals surface area contributed by atoms with Crippen molar-refractivity contribution in [1.82, 2.24) is 24.1 Å². The molecule has 0 bridgehead atoms. The number of rotatable bonds is 6. The summed E-state index contributed by atoms with van der Waals surface area (Å²) >= 11 is 0. The smallest absolute Gasteiger partial charge is 0.164 e. The lowest BCUT2D eigenvalue weighted by molar-refractivity contribution is 1.08. The molecule has 13 rings (SSSR count). The fraction of sp³-hybridized carbons (Fsp3) is 0. The highest BCUT2D eigenvalue weighted by molar-refractivity contribution is 6.16. The SMILES string of the molecule is c1ccc(-c2cccc(-c3nc(-c4ccc(-n5c6ccccc6c6cc7ccccc7cc65)c5ccccc45)nc(-c4cccc5c4c4ccccc4n5-c4ccccc4)n3)c2)cc1. The summed E-state index contributed by atoms with van der Waals surface area (Å²) in [7, 11) is 0. The second kappa shape index (κ2) is 14.5. The molecule has 5 heteroatoms. The zero-order valence-electron chi connectivity index (χ0n) is 34.6. The van der Waals surface area contributed by atoms with Gasteiger partial charge in [-0.25, -0.2) is 15.0 Å². The van der Waals surface area contributed by atoms with Crippen molar-refractivity contribution < 1.29 is 0 Å². The van der Waals surface area contributed by atoms with Gasteiger partial charge in [0.25, 0.3) is 0 Å². The second-order valence-corrected chi connectivity index (χ2v) is 16.4. The molecule has 0 aliphatic carbocycles. The number of hydrogen-bond donors (Lipinski definition) is 0. The molecule has 64 heavy (non-hydrogen) atoms. The fourth-order valence-electron chi connectivity index (χ4n) is 9.86. The first-order valence-corrected chi connectivity index (χ1v) is 21.7. The first-order valence-electron chi connectivity index (χ1n) is 21.7. The molecule has 0 atom stereocenters. The minimum atomic E-state index is 0.615. The molecule has 13 aromatic rings. The quantitative estimate of drug-likeness (QED) is 0.168. The number of para-hydroxylation sites is 3. The Balaban J connectivity index is 1.07. The highest BCUT2D eigenvalue weighted by Crippen LogP contribution is 2.41. The van der Waals surface area contributed by atoms with Crippen molar-refractivity contribution in [3.05, 3.63) is 224 Å². The van der Waals surface area contributed by atoms with Gasteiger partial charge in [-0.05, 0) is 87.9 Å². The number of fused-ring (bicyclic) bond motifs is 8. The molecular formula is C59H37N5. The van der Waals surface area contributed by atoms with Gasteiger partial charge in [0.05, 0.1) is 27.8 Å². The van der Waals surface area contributed by atoms with Crippen molar-refractivity contribution in [2.75, 3.05) is 0 Å². The van der Waals surface area contributed by atoms with Gasteiger partial charge in [0, 0.05) is 49.3 Å². The molecule has 0 aliphatic heterocycles. The Bertz CT molecular complexity index is 3960. The molecule has 3 heterocycles. The zero-order chi connectivity index (χ0) is 42.1. The molecule has 0 saturated carbocycles. The van der Waals surface area contributed by atoms with Gasteiger partial charge in [0.15, 0.2) is 17.5 Å². The highest BCUT2D eigenvalue weighted by Gasteiger charge is 2.22. The molecule has 0 unspecified atom stereocenters. The van der Waals surface area contributed by atoms with Crippen LogP contribution in [0.3, 0.4) is 0 Å². The molecule has 0 saturated heterocycles. The first-order chi connectivity index (χ1) is 31.7. The topological polar surface area (TPSA) is 48.5 Å². The summed E-state index contributed by atoms with van der Waals surface area (Å²) < 4.78 is 4.76. The number of benzene rings is 10. The first kappa shape index (κ1) is 36.0. The maximum atomic E-state index is 5.46. The Kier molecular flexibility index (Phi) is 8.15. The maximum absolute atomic E-state index is 5.46. The molecule has 0 spiro atoms. The van der Waals surface area contributed by atoms with Crippen LogP contribution in [0.1, 0.15) is 0 Å². The Hall–Kier alpha value is -8.67. The van der Waals surface area contributed by atoms with Crippen LogP contribution in [0.5, 0.6) is 0 Å². The van der Waals surface area contributed by atoms with E-state index in [0.717, 1.165) is 77.3 Å². The van der Waals surface area contributed by atoms with Gasteiger partial charge in [0.2, 0.25) is 0 Å². The molecular weight excluding hydrogens is 779 g/mol. The van der Waals surface area contributed by atoms with Crippen LogP contribution in [-0.2, 0) is 0 Å². The summed E-state index contributed by atoms with van der Waals surface area (Å²) in [6, 6.07) is 79.8. The van der Waals surface area contributed by atoms with Crippen molar-refractivity contribution in [2.45, 2.75) is 0 Å². The lowest BCUT2D eigenvalue weighted by atomic mass is 10.0. The van der Waals surface area contributed by atoms with E-state index in [2.05, 4.69) is 228 Å². The summed E-state index contributed by atoms with van der Waals surface area (Å²) in [4.78, 5) is 16.2. The molecule has 298 valence electrons. The number of aromatic nitrogens is 5. The van der Waals surface area contributed by atoms with Crippen LogP contribution in [0.15, 0.2) is 224 Å². The fourth-order valence-corrected chi connectivity index (χ4v) is 9.86. The Morgan fingerprint density at radius 3 is 1.64 bits per heavy atom. The van der Waals surface area contributed by atoms with Crippen molar-refractivity contribution in [1.29, 1.82) is 0 Å². The third kappa shape index (κ3) is 5.68. The average molecular weight is 816 g/mol. The van der Waals surface area contributed by atoms with Gasteiger partial charge >= 0.3 is 0 Å². The molecule has 0 fully saturated rings. The number of hydrogen-bond acceptors (Lipinski definition) is 3. The largest absolute Gasteiger partial charge is 0.309 e. The van der Waals surface area contributed by atoms with Crippen LogP contribution >= 0.6 is 0 Å². The summed E-state index contributed by atoms with van der Waals surface area (Å²) in [6.45, 7) is 0. The second-order valence-electron chi connectivity index (χ2n) is 16.4. The van der Waals surface area contributed by atoms with Crippen LogP contribution in [0.25, 0.3) is 122 Å². The molecule has 0 radical (unpaired) electrons. The molecule has 3 aromatic heterocycles. The molecule has 0 N–H and O–H groups in total. The van der Waals surface area contributed by atoms with E-state index in [9.17, 15) is 0 Å². The van der Waals surface area contributed by atoms with E-state index >= 15 is 0 Å². The zero-order valence-corrected chi connectivity index (χ0v) is 34.6. The standard InChI is InChI=1S/C59H37N5/c1-3-17-38(18-4-1)39-21-15-22-42(35-39)57-60-58(62-59(61-57)49-29-16-32-54-56(49)48-28-12-14-31-52(48)63(54)43-23-5-2-6-24-43)47-33-34-53(45-26-10-9-25-44(45)47)64-51-30-13-11-27-46(51)50-36-40-19-7-8-20-41(40)37-55(50)64/h1-37H. The highest BCUT2D eigenvalue weighted by atomic mass is 15.0. The number of nitrogens with zero attached hydrogens (tertiary/aromatic N) is 5. The van der Waals surface area contributed by atoms with Crippen molar-refractivity contribution in [3.8, 4) is 56.7 Å². The van der Waals surface area contributed by atoms with Gasteiger partial charge in [-0.1, -0.05) is 164 Å². The average Bonchev–Trinajstić information content (AvgIpc) is 3.88. The van der Waals surface area contributed by atoms with E-state index in [1.54, 1.807) is 0 Å². The van der Waals surface area contributed by atoms with Gasteiger partial charge < -0.3 is 9.13 Å². The van der Waals surface area contributed by atoms with Gasteiger partial charge in [-0.15, -0.1) is 0 Å². The lowest BCUT2D eigenvalue weighted by Crippen LogP contribution is -2.02. The minimum absolute atomic E-state index is 0.615. The monoisotopic (exact) mass is 815 g/mol. The van der Waals surface area contributed by atoms with E-state index in [1.165, 1.54) is 27.1 Å². The third-order valence-electron chi connectivity index (χ3n) is 12.7. The minimum Gasteiger partial charge on any atom is -0.309 e.